The molecule has 0 saturated carbocycles. The minimum Gasteiger partial charge on any atom is -0.336 e. The van der Waals surface area contributed by atoms with Gasteiger partial charge in [-0.05, 0) is 37.3 Å². The average molecular weight is 414 g/mol. The summed E-state index contributed by atoms with van der Waals surface area (Å²) in [6.45, 7) is 6.01. The number of hydrogen-bond donors (Lipinski definition) is 1. The standard InChI is InChI=1S/C20H23N5O3S/c1-16-14-23(20(26)17-7-4-3-5-8-17)11-12-25(16)29(27,28)19-10-6-9-18(13-19)24(15-21)22-2/h3-10,13,15-16,21H,2,11-12,14H2,1H3. The molecule has 1 unspecified atom stereocenters. The molecule has 0 aliphatic carbocycles. The van der Waals surface area contributed by atoms with Gasteiger partial charge in [0.05, 0.1) is 10.6 Å². The first-order valence-corrected chi connectivity index (χ1v) is 10.5. The number of benzene rings is 2. The van der Waals surface area contributed by atoms with Crippen molar-refractivity contribution in [2.45, 2.75) is 17.9 Å². The SMILES string of the molecule is C=NN(C=N)c1cccc(S(=O)(=O)N2CCN(C(=O)c3ccccc3)CC2C)c1. The lowest BCUT2D eigenvalue weighted by Crippen LogP contribution is -2.55. The number of amides is 1. The van der Waals surface area contributed by atoms with Crippen LogP contribution in [0.3, 0.4) is 0 Å². The molecule has 3 rings (SSSR count). The van der Waals surface area contributed by atoms with Crippen molar-refractivity contribution in [2.75, 3.05) is 24.6 Å². The first-order chi connectivity index (χ1) is 13.9. The van der Waals surface area contributed by atoms with E-state index in [0.29, 0.717) is 24.3 Å². The molecule has 1 heterocycles. The molecular formula is C20H23N5O3S. The van der Waals surface area contributed by atoms with Crippen LogP contribution in [0, 0.1) is 5.41 Å². The second-order valence-electron chi connectivity index (χ2n) is 6.69. The summed E-state index contributed by atoms with van der Waals surface area (Å²) in [5.41, 5.74) is 1.02. The van der Waals surface area contributed by atoms with Crippen LogP contribution in [0.25, 0.3) is 0 Å². The van der Waals surface area contributed by atoms with Gasteiger partial charge in [0, 0.05) is 38.0 Å². The lowest BCUT2D eigenvalue weighted by molar-refractivity contribution is 0.0642. The first kappa shape index (κ1) is 20.7. The maximum atomic E-state index is 13.2. The van der Waals surface area contributed by atoms with Gasteiger partial charge in [0.25, 0.3) is 5.91 Å². The fourth-order valence-electron chi connectivity index (χ4n) is 3.36. The van der Waals surface area contributed by atoms with Crippen molar-refractivity contribution in [3.8, 4) is 0 Å². The number of piperazine rings is 1. The molecule has 2 aromatic carbocycles. The molecule has 1 aliphatic heterocycles. The van der Waals surface area contributed by atoms with Gasteiger partial charge in [0.2, 0.25) is 10.0 Å². The quantitative estimate of drug-likeness (QED) is 0.446. The Balaban J connectivity index is 1.79. The smallest absolute Gasteiger partial charge is 0.253 e. The van der Waals surface area contributed by atoms with Crippen molar-refractivity contribution in [1.82, 2.24) is 9.21 Å². The predicted octanol–water partition coefficient (Wildman–Crippen LogP) is 2.25. The molecule has 8 nitrogen and oxygen atoms in total. The van der Waals surface area contributed by atoms with Crippen LogP contribution in [0.4, 0.5) is 5.69 Å². The highest BCUT2D eigenvalue weighted by Crippen LogP contribution is 2.25. The van der Waals surface area contributed by atoms with E-state index in [1.54, 1.807) is 48.2 Å². The summed E-state index contributed by atoms with van der Waals surface area (Å²) in [6, 6.07) is 14.8. The Bertz CT molecular complexity index is 1000. The normalized spacial score (nSPS) is 17.6. The molecule has 1 fully saturated rings. The third-order valence-electron chi connectivity index (χ3n) is 4.84. The molecular weight excluding hydrogens is 390 g/mol. The number of hydrogen-bond acceptors (Lipinski definition) is 5. The zero-order valence-corrected chi connectivity index (χ0v) is 16.9. The largest absolute Gasteiger partial charge is 0.336 e. The third kappa shape index (κ3) is 4.20. The summed E-state index contributed by atoms with van der Waals surface area (Å²) in [6.07, 6.45) is 0.954. The third-order valence-corrected chi connectivity index (χ3v) is 6.85. The van der Waals surface area contributed by atoms with Crippen LogP contribution >= 0.6 is 0 Å². The summed E-state index contributed by atoms with van der Waals surface area (Å²) in [5.74, 6) is -0.102. The van der Waals surface area contributed by atoms with E-state index in [4.69, 9.17) is 5.41 Å². The maximum Gasteiger partial charge on any atom is 0.253 e. The van der Waals surface area contributed by atoms with Gasteiger partial charge in [-0.2, -0.15) is 9.41 Å². The molecule has 2 aromatic rings. The number of rotatable bonds is 6. The fraction of sp³-hybridized carbons (Fsp3) is 0.250. The summed E-state index contributed by atoms with van der Waals surface area (Å²) in [7, 11) is -3.77. The Morgan fingerprint density at radius 2 is 1.93 bits per heavy atom. The molecule has 0 spiro atoms. The van der Waals surface area contributed by atoms with Crippen molar-refractivity contribution < 1.29 is 13.2 Å². The van der Waals surface area contributed by atoms with Gasteiger partial charge in [-0.1, -0.05) is 24.3 Å². The van der Waals surface area contributed by atoms with Gasteiger partial charge < -0.3 is 4.90 Å². The van der Waals surface area contributed by atoms with E-state index >= 15 is 0 Å². The van der Waals surface area contributed by atoms with E-state index in [0.717, 1.165) is 6.34 Å². The fourth-order valence-corrected chi connectivity index (χ4v) is 5.02. The highest BCUT2D eigenvalue weighted by molar-refractivity contribution is 7.89. The van der Waals surface area contributed by atoms with Crippen LogP contribution < -0.4 is 5.01 Å². The highest BCUT2D eigenvalue weighted by atomic mass is 32.2. The van der Waals surface area contributed by atoms with Crippen molar-refractivity contribution in [1.29, 1.82) is 5.41 Å². The van der Waals surface area contributed by atoms with Crippen LogP contribution in [-0.2, 0) is 10.0 Å². The molecule has 29 heavy (non-hydrogen) atoms. The first-order valence-electron chi connectivity index (χ1n) is 9.11. The van der Waals surface area contributed by atoms with Crippen molar-refractivity contribution in [2.24, 2.45) is 5.10 Å². The Labute approximate surface area is 170 Å². The molecule has 0 aromatic heterocycles. The number of carbonyl (C=O) groups excluding carboxylic acids is 1. The van der Waals surface area contributed by atoms with Gasteiger partial charge >= 0.3 is 0 Å². The van der Waals surface area contributed by atoms with Crippen LogP contribution in [0.1, 0.15) is 17.3 Å². The zero-order chi connectivity index (χ0) is 21.0. The molecule has 1 saturated heterocycles. The molecule has 0 radical (unpaired) electrons. The Morgan fingerprint density at radius 3 is 2.55 bits per heavy atom. The van der Waals surface area contributed by atoms with Gasteiger partial charge in [-0.3, -0.25) is 10.2 Å². The van der Waals surface area contributed by atoms with Crippen LogP contribution in [0.5, 0.6) is 0 Å². The monoisotopic (exact) mass is 413 g/mol. The topological polar surface area (TPSA) is 97.1 Å². The lowest BCUT2D eigenvalue weighted by Gasteiger charge is -2.39. The number of nitrogens with zero attached hydrogens (tertiary/aromatic N) is 4. The van der Waals surface area contributed by atoms with Crippen LogP contribution in [0.2, 0.25) is 0 Å². The molecule has 0 bridgehead atoms. The second kappa shape index (κ2) is 8.54. The molecule has 152 valence electrons. The predicted molar refractivity (Wildman–Crippen MR) is 113 cm³/mol. The molecule has 1 aliphatic rings. The van der Waals surface area contributed by atoms with E-state index in [1.165, 1.54) is 21.4 Å². The number of hydrazone groups is 1. The molecule has 1 amide bonds. The Hall–Kier alpha value is -3.04. The van der Waals surface area contributed by atoms with Crippen LogP contribution in [0.15, 0.2) is 64.6 Å². The zero-order valence-electron chi connectivity index (χ0n) is 16.1. The minimum atomic E-state index is -3.77. The minimum absolute atomic E-state index is 0.102. The lowest BCUT2D eigenvalue weighted by atomic mass is 10.1. The average Bonchev–Trinajstić information content (AvgIpc) is 2.74. The summed E-state index contributed by atoms with van der Waals surface area (Å²) >= 11 is 0. The molecule has 1 N–H and O–H groups in total. The number of carbonyl (C=O) groups is 1. The van der Waals surface area contributed by atoms with E-state index < -0.39 is 10.0 Å². The van der Waals surface area contributed by atoms with Crippen molar-refractivity contribution in [3.63, 3.8) is 0 Å². The summed E-state index contributed by atoms with van der Waals surface area (Å²) in [5, 5.41) is 12.2. The Morgan fingerprint density at radius 1 is 1.21 bits per heavy atom. The Kier molecular flexibility index (Phi) is 6.09. The van der Waals surface area contributed by atoms with E-state index in [2.05, 4.69) is 11.8 Å². The molecule has 9 heteroatoms. The maximum absolute atomic E-state index is 13.2. The van der Waals surface area contributed by atoms with Gasteiger partial charge in [-0.15, -0.1) is 0 Å². The number of sulfonamides is 1. The van der Waals surface area contributed by atoms with Gasteiger partial charge in [-0.25, -0.2) is 13.4 Å². The molecule has 1 atom stereocenters. The summed E-state index contributed by atoms with van der Waals surface area (Å²) in [4.78, 5) is 14.5. The van der Waals surface area contributed by atoms with E-state index in [9.17, 15) is 13.2 Å². The van der Waals surface area contributed by atoms with Gasteiger partial charge in [0.15, 0.2) is 0 Å². The van der Waals surface area contributed by atoms with Crippen LogP contribution in [-0.4, -0.2) is 62.3 Å². The summed E-state index contributed by atoms with van der Waals surface area (Å²) < 4.78 is 27.8. The highest BCUT2D eigenvalue weighted by Gasteiger charge is 2.35. The number of anilines is 1. The van der Waals surface area contributed by atoms with E-state index in [-0.39, 0.29) is 23.4 Å². The second-order valence-corrected chi connectivity index (χ2v) is 8.58. The van der Waals surface area contributed by atoms with Crippen molar-refractivity contribution in [3.05, 3.63) is 60.2 Å². The number of nitrogens with one attached hydrogen (secondary N) is 1. The van der Waals surface area contributed by atoms with E-state index in [1.807, 2.05) is 6.07 Å². The van der Waals surface area contributed by atoms with Gasteiger partial charge in [0.1, 0.15) is 6.34 Å². The van der Waals surface area contributed by atoms with Crippen molar-refractivity contribution >= 4 is 34.7 Å².